The van der Waals surface area contributed by atoms with Crippen LogP contribution in [0.2, 0.25) is 5.02 Å². The first-order valence-corrected chi connectivity index (χ1v) is 8.59. The molecular formula is C19H16ClN3O4. The standard InChI is InChI=1S/C19H16ClN3O4/c20-14-4-8-16(9-5-14)22-12-15(11-19(22)25)21-18(24)10-3-13-1-6-17(7-2-13)23(26)27/h1-10,15H,11-12H2,(H,21,24)/b10-3-. The van der Waals surface area contributed by atoms with Gasteiger partial charge < -0.3 is 10.2 Å². The molecule has 2 aromatic rings. The Morgan fingerprint density at radius 2 is 1.85 bits per heavy atom. The summed E-state index contributed by atoms with van der Waals surface area (Å²) in [6.45, 7) is 0.386. The molecule has 2 amide bonds. The smallest absolute Gasteiger partial charge is 0.269 e. The van der Waals surface area contributed by atoms with Gasteiger partial charge in [0.05, 0.1) is 11.0 Å². The normalized spacial score (nSPS) is 16.7. The Bertz CT molecular complexity index is 894. The van der Waals surface area contributed by atoms with Crippen LogP contribution in [0.5, 0.6) is 0 Å². The molecule has 1 heterocycles. The number of nitrogens with one attached hydrogen (secondary N) is 1. The lowest BCUT2D eigenvalue weighted by Gasteiger charge is -2.17. The first kappa shape index (κ1) is 18.6. The van der Waals surface area contributed by atoms with Gasteiger partial charge in [-0.2, -0.15) is 0 Å². The lowest BCUT2D eigenvalue weighted by molar-refractivity contribution is -0.384. The van der Waals surface area contributed by atoms with Crippen molar-refractivity contribution in [2.24, 2.45) is 0 Å². The molecule has 0 aliphatic carbocycles. The quantitative estimate of drug-likeness (QED) is 0.486. The van der Waals surface area contributed by atoms with Crippen molar-refractivity contribution in [1.82, 2.24) is 5.32 Å². The SMILES string of the molecule is O=C(/C=C\c1ccc([N+](=O)[O-])cc1)NC1CC(=O)N(c2ccc(Cl)cc2)C1. The van der Waals surface area contributed by atoms with Crippen LogP contribution in [0.25, 0.3) is 6.08 Å². The highest BCUT2D eigenvalue weighted by Gasteiger charge is 2.31. The second-order valence-corrected chi connectivity index (χ2v) is 6.51. The molecule has 1 atom stereocenters. The fraction of sp³-hybridized carbons (Fsp3) is 0.158. The molecule has 0 radical (unpaired) electrons. The lowest BCUT2D eigenvalue weighted by atomic mass is 10.2. The van der Waals surface area contributed by atoms with Gasteiger partial charge in [0.2, 0.25) is 11.8 Å². The summed E-state index contributed by atoms with van der Waals surface area (Å²) in [5, 5.41) is 14.0. The summed E-state index contributed by atoms with van der Waals surface area (Å²) in [6.07, 6.45) is 3.13. The molecule has 7 nitrogen and oxygen atoms in total. The van der Waals surface area contributed by atoms with Crippen LogP contribution in [0, 0.1) is 10.1 Å². The Kier molecular flexibility index (Phi) is 5.52. The van der Waals surface area contributed by atoms with E-state index in [0.717, 1.165) is 5.69 Å². The maximum atomic E-state index is 12.2. The van der Waals surface area contributed by atoms with Gasteiger partial charge in [-0.05, 0) is 48.0 Å². The maximum Gasteiger partial charge on any atom is 0.269 e. The Labute approximate surface area is 160 Å². The monoisotopic (exact) mass is 385 g/mol. The molecule has 1 aliphatic rings. The molecule has 138 valence electrons. The van der Waals surface area contributed by atoms with E-state index in [1.807, 2.05) is 0 Å². The van der Waals surface area contributed by atoms with Crippen LogP contribution in [0.3, 0.4) is 0 Å². The molecule has 0 aromatic heterocycles. The van der Waals surface area contributed by atoms with Gasteiger partial charge in [-0.1, -0.05) is 11.6 Å². The molecule has 1 N–H and O–H groups in total. The van der Waals surface area contributed by atoms with E-state index in [0.29, 0.717) is 17.1 Å². The number of carbonyl (C=O) groups is 2. The predicted octanol–water partition coefficient (Wildman–Crippen LogP) is 3.18. The molecule has 1 unspecified atom stereocenters. The average Bonchev–Trinajstić information content (AvgIpc) is 3.01. The third kappa shape index (κ3) is 4.71. The Morgan fingerprint density at radius 3 is 2.48 bits per heavy atom. The average molecular weight is 386 g/mol. The number of halogens is 1. The van der Waals surface area contributed by atoms with Gasteiger partial charge in [-0.3, -0.25) is 19.7 Å². The van der Waals surface area contributed by atoms with Crippen molar-refractivity contribution in [2.45, 2.75) is 12.5 Å². The van der Waals surface area contributed by atoms with Crippen molar-refractivity contribution in [2.75, 3.05) is 11.4 Å². The van der Waals surface area contributed by atoms with Crippen LogP contribution in [0.1, 0.15) is 12.0 Å². The highest BCUT2D eigenvalue weighted by molar-refractivity contribution is 6.30. The Hall–Kier alpha value is -3.19. The van der Waals surface area contributed by atoms with Crippen molar-refractivity contribution in [3.8, 4) is 0 Å². The number of rotatable bonds is 5. The van der Waals surface area contributed by atoms with Crippen molar-refractivity contribution in [3.05, 3.63) is 75.3 Å². The minimum Gasteiger partial charge on any atom is -0.347 e. The number of carbonyl (C=O) groups excluding carboxylic acids is 2. The second kappa shape index (κ2) is 8.01. The highest BCUT2D eigenvalue weighted by atomic mass is 35.5. The molecule has 3 rings (SSSR count). The van der Waals surface area contributed by atoms with Crippen LogP contribution < -0.4 is 10.2 Å². The number of benzene rings is 2. The lowest BCUT2D eigenvalue weighted by Crippen LogP contribution is -2.36. The molecule has 1 aliphatic heterocycles. The maximum absolute atomic E-state index is 12.2. The van der Waals surface area contributed by atoms with E-state index < -0.39 is 4.92 Å². The number of anilines is 1. The first-order chi connectivity index (χ1) is 12.9. The fourth-order valence-corrected chi connectivity index (χ4v) is 2.93. The van der Waals surface area contributed by atoms with Gasteiger partial charge in [0, 0.05) is 41.9 Å². The molecule has 2 aromatic carbocycles. The van der Waals surface area contributed by atoms with E-state index in [-0.39, 0.29) is 30.0 Å². The van der Waals surface area contributed by atoms with Gasteiger partial charge in [-0.15, -0.1) is 0 Å². The second-order valence-electron chi connectivity index (χ2n) is 6.07. The first-order valence-electron chi connectivity index (χ1n) is 8.21. The summed E-state index contributed by atoms with van der Waals surface area (Å²) < 4.78 is 0. The summed E-state index contributed by atoms with van der Waals surface area (Å²) in [4.78, 5) is 36.0. The van der Waals surface area contributed by atoms with Gasteiger partial charge >= 0.3 is 0 Å². The van der Waals surface area contributed by atoms with Gasteiger partial charge in [0.1, 0.15) is 0 Å². The molecule has 27 heavy (non-hydrogen) atoms. The van der Waals surface area contributed by atoms with Crippen molar-refractivity contribution >= 4 is 40.9 Å². The zero-order valence-corrected chi connectivity index (χ0v) is 14.9. The van der Waals surface area contributed by atoms with E-state index >= 15 is 0 Å². The van der Waals surface area contributed by atoms with Crippen molar-refractivity contribution in [3.63, 3.8) is 0 Å². The molecule has 1 saturated heterocycles. The van der Waals surface area contributed by atoms with Crippen molar-refractivity contribution < 1.29 is 14.5 Å². The van der Waals surface area contributed by atoms with E-state index in [1.54, 1.807) is 47.4 Å². The van der Waals surface area contributed by atoms with Crippen LogP contribution >= 0.6 is 11.6 Å². The molecular weight excluding hydrogens is 370 g/mol. The zero-order valence-electron chi connectivity index (χ0n) is 14.2. The van der Waals surface area contributed by atoms with Gasteiger partial charge in [-0.25, -0.2) is 0 Å². The number of nitro groups is 1. The fourth-order valence-electron chi connectivity index (χ4n) is 2.80. The molecule has 8 heteroatoms. The molecule has 1 fully saturated rings. The number of hydrogen-bond acceptors (Lipinski definition) is 4. The van der Waals surface area contributed by atoms with E-state index in [9.17, 15) is 19.7 Å². The summed E-state index contributed by atoms with van der Waals surface area (Å²) in [7, 11) is 0. The summed E-state index contributed by atoms with van der Waals surface area (Å²) in [6, 6.07) is 12.5. The number of nitrogens with zero attached hydrogens (tertiary/aromatic N) is 2. The van der Waals surface area contributed by atoms with Crippen LogP contribution in [0.4, 0.5) is 11.4 Å². The van der Waals surface area contributed by atoms with Gasteiger partial charge in [0.25, 0.3) is 5.69 Å². The summed E-state index contributed by atoms with van der Waals surface area (Å²) in [5.41, 5.74) is 1.40. The number of amides is 2. The number of non-ortho nitro benzene ring substituents is 1. The highest BCUT2D eigenvalue weighted by Crippen LogP contribution is 2.23. The minimum atomic E-state index is -0.482. The Balaban J connectivity index is 1.57. The zero-order chi connectivity index (χ0) is 19.4. The Morgan fingerprint density at radius 1 is 1.19 bits per heavy atom. The summed E-state index contributed by atoms with van der Waals surface area (Å²) >= 11 is 5.86. The predicted molar refractivity (Wildman–Crippen MR) is 102 cm³/mol. The number of nitro benzene ring substituents is 1. The van der Waals surface area contributed by atoms with Crippen molar-refractivity contribution in [1.29, 1.82) is 0 Å². The largest absolute Gasteiger partial charge is 0.347 e. The van der Waals surface area contributed by atoms with Gasteiger partial charge in [0.15, 0.2) is 0 Å². The van der Waals surface area contributed by atoms with E-state index in [1.165, 1.54) is 18.2 Å². The summed E-state index contributed by atoms with van der Waals surface area (Å²) in [5.74, 6) is -0.397. The molecule has 0 bridgehead atoms. The van der Waals surface area contributed by atoms with Crippen LogP contribution in [-0.4, -0.2) is 29.3 Å². The molecule has 0 saturated carbocycles. The minimum absolute atomic E-state index is 0.0108. The third-order valence-corrected chi connectivity index (χ3v) is 4.39. The third-order valence-electron chi connectivity index (χ3n) is 4.14. The van der Waals surface area contributed by atoms with Crippen LogP contribution in [0.15, 0.2) is 54.6 Å². The molecule has 0 spiro atoms. The topological polar surface area (TPSA) is 92.5 Å². The van der Waals surface area contributed by atoms with Crippen LogP contribution in [-0.2, 0) is 9.59 Å². The number of hydrogen-bond donors (Lipinski definition) is 1. The van der Waals surface area contributed by atoms with E-state index in [2.05, 4.69) is 5.32 Å². The van der Waals surface area contributed by atoms with E-state index in [4.69, 9.17) is 11.6 Å².